The van der Waals surface area contributed by atoms with Crippen LogP contribution >= 0.6 is 0 Å². The average Bonchev–Trinajstić information content (AvgIpc) is 2.93. The van der Waals surface area contributed by atoms with E-state index in [0.717, 1.165) is 28.4 Å². The summed E-state index contributed by atoms with van der Waals surface area (Å²) in [6, 6.07) is 13.8. The monoisotopic (exact) mass is 316 g/mol. The molecule has 0 bridgehead atoms. The maximum absolute atomic E-state index is 4.62. The van der Waals surface area contributed by atoms with Crippen LogP contribution in [-0.4, -0.2) is 24.6 Å². The molecule has 1 N–H and O–H groups in total. The Kier molecular flexibility index (Phi) is 3.42. The first kappa shape index (κ1) is 14.3. The van der Waals surface area contributed by atoms with Crippen LogP contribution in [0.3, 0.4) is 0 Å². The van der Waals surface area contributed by atoms with Gasteiger partial charge in [0.1, 0.15) is 5.69 Å². The average molecular weight is 316 g/mol. The second-order valence-corrected chi connectivity index (χ2v) is 5.60. The second kappa shape index (κ2) is 5.73. The van der Waals surface area contributed by atoms with Crippen LogP contribution in [0.2, 0.25) is 0 Å². The highest BCUT2D eigenvalue weighted by molar-refractivity contribution is 5.64. The molecule has 6 nitrogen and oxygen atoms in total. The number of imidazole rings is 1. The number of hydrogen-bond acceptors (Lipinski definition) is 5. The van der Waals surface area contributed by atoms with Gasteiger partial charge in [-0.25, -0.2) is 19.5 Å². The van der Waals surface area contributed by atoms with Gasteiger partial charge in [-0.15, -0.1) is 0 Å². The van der Waals surface area contributed by atoms with Crippen molar-refractivity contribution >= 4 is 17.3 Å². The van der Waals surface area contributed by atoms with Gasteiger partial charge in [-0.1, -0.05) is 17.7 Å². The number of benzene rings is 1. The van der Waals surface area contributed by atoms with Gasteiger partial charge >= 0.3 is 0 Å². The summed E-state index contributed by atoms with van der Waals surface area (Å²) in [5.74, 6) is 0.543. The van der Waals surface area contributed by atoms with Gasteiger partial charge in [0.25, 0.3) is 0 Å². The van der Waals surface area contributed by atoms with E-state index in [1.807, 2.05) is 49.4 Å². The van der Waals surface area contributed by atoms with Gasteiger partial charge in [0.2, 0.25) is 5.95 Å². The SMILES string of the molecule is Cc1ccc(Nc2nccc(-c3c(C)nc4cccnn34)n2)cc1. The van der Waals surface area contributed by atoms with Gasteiger partial charge in [0.05, 0.1) is 11.4 Å². The Bertz CT molecular complexity index is 1000. The van der Waals surface area contributed by atoms with Gasteiger partial charge in [-0.05, 0) is 44.2 Å². The van der Waals surface area contributed by atoms with Gasteiger partial charge in [0.15, 0.2) is 5.65 Å². The van der Waals surface area contributed by atoms with E-state index in [4.69, 9.17) is 0 Å². The molecule has 3 aromatic heterocycles. The lowest BCUT2D eigenvalue weighted by molar-refractivity contribution is 0.935. The van der Waals surface area contributed by atoms with E-state index < -0.39 is 0 Å². The van der Waals surface area contributed by atoms with Crippen molar-refractivity contribution in [3.8, 4) is 11.4 Å². The minimum Gasteiger partial charge on any atom is -0.324 e. The van der Waals surface area contributed by atoms with Crippen LogP contribution in [-0.2, 0) is 0 Å². The summed E-state index contributed by atoms with van der Waals surface area (Å²) < 4.78 is 1.80. The largest absolute Gasteiger partial charge is 0.324 e. The minimum absolute atomic E-state index is 0.543. The number of fused-ring (bicyclic) bond motifs is 1. The molecule has 4 rings (SSSR count). The lowest BCUT2D eigenvalue weighted by atomic mass is 10.2. The summed E-state index contributed by atoms with van der Waals surface area (Å²) in [7, 11) is 0. The van der Waals surface area contributed by atoms with E-state index in [1.165, 1.54) is 5.56 Å². The molecule has 1 aromatic carbocycles. The number of nitrogens with zero attached hydrogens (tertiary/aromatic N) is 5. The summed E-state index contributed by atoms with van der Waals surface area (Å²) in [5.41, 5.74) is 5.50. The lowest BCUT2D eigenvalue weighted by Crippen LogP contribution is -2.00. The van der Waals surface area contributed by atoms with E-state index in [1.54, 1.807) is 16.9 Å². The molecule has 0 atom stereocenters. The van der Waals surface area contributed by atoms with E-state index in [-0.39, 0.29) is 0 Å². The highest BCUT2D eigenvalue weighted by Gasteiger charge is 2.13. The van der Waals surface area contributed by atoms with E-state index in [9.17, 15) is 0 Å². The molecule has 0 aliphatic rings. The predicted molar refractivity (Wildman–Crippen MR) is 93.2 cm³/mol. The molecule has 24 heavy (non-hydrogen) atoms. The lowest BCUT2D eigenvalue weighted by Gasteiger charge is -2.07. The zero-order valence-corrected chi connectivity index (χ0v) is 13.4. The molecule has 0 spiro atoms. The second-order valence-electron chi connectivity index (χ2n) is 5.60. The maximum Gasteiger partial charge on any atom is 0.227 e. The van der Waals surface area contributed by atoms with Crippen LogP contribution < -0.4 is 5.32 Å². The molecule has 4 aromatic rings. The molecule has 0 aliphatic heterocycles. The first-order valence-electron chi connectivity index (χ1n) is 7.68. The standard InChI is InChI=1S/C18H16N6/c1-12-5-7-14(8-6-12)22-18-19-11-9-15(23-18)17-13(2)21-16-4-3-10-20-24(16)17/h3-11H,1-2H3,(H,19,22,23). The topological polar surface area (TPSA) is 68.0 Å². The van der Waals surface area contributed by atoms with Crippen molar-refractivity contribution in [2.75, 3.05) is 5.32 Å². The van der Waals surface area contributed by atoms with Crippen molar-refractivity contribution < 1.29 is 0 Å². The fourth-order valence-electron chi connectivity index (χ4n) is 2.61. The molecule has 118 valence electrons. The molecule has 0 saturated carbocycles. The van der Waals surface area contributed by atoms with Crippen molar-refractivity contribution in [3.05, 3.63) is 66.1 Å². The van der Waals surface area contributed by atoms with Crippen LogP contribution in [0.15, 0.2) is 54.9 Å². The maximum atomic E-state index is 4.62. The minimum atomic E-state index is 0.543. The Morgan fingerprint density at radius 3 is 2.58 bits per heavy atom. The van der Waals surface area contributed by atoms with Gasteiger partial charge in [-0.2, -0.15) is 5.10 Å². The fourth-order valence-corrected chi connectivity index (χ4v) is 2.61. The number of nitrogens with one attached hydrogen (secondary N) is 1. The molecule has 0 amide bonds. The van der Waals surface area contributed by atoms with Crippen molar-refractivity contribution in [1.82, 2.24) is 24.6 Å². The van der Waals surface area contributed by atoms with E-state index in [0.29, 0.717) is 5.95 Å². The Balaban J connectivity index is 1.74. The normalized spacial score (nSPS) is 10.9. The third-order valence-electron chi connectivity index (χ3n) is 3.77. The summed E-state index contributed by atoms with van der Waals surface area (Å²) in [4.78, 5) is 13.5. The van der Waals surface area contributed by atoms with Crippen LogP contribution in [0.4, 0.5) is 11.6 Å². The molecule has 6 heteroatoms. The van der Waals surface area contributed by atoms with Crippen molar-refractivity contribution in [1.29, 1.82) is 0 Å². The summed E-state index contributed by atoms with van der Waals surface area (Å²) >= 11 is 0. The Morgan fingerprint density at radius 2 is 1.75 bits per heavy atom. The van der Waals surface area contributed by atoms with E-state index in [2.05, 4.69) is 32.3 Å². The van der Waals surface area contributed by atoms with Gasteiger partial charge < -0.3 is 5.32 Å². The molecule has 0 radical (unpaired) electrons. The quantitative estimate of drug-likeness (QED) is 0.626. The van der Waals surface area contributed by atoms with Crippen molar-refractivity contribution in [3.63, 3.8) is 0 Å². The molecule has 3 heterocycles. The molecule has 0 fully saturated rings. The first-order chi connectivity index (χ1) is 11.7. The molecule has 0 unspecified atom stereocenters. The molecular weight excluding hydrogens is 300 g/mol. The van der Waals surface area contributed by atoms with Gasteiger partial charge in [-0.3, -0.25) is 0 Å². The Labute approximate surface area is 139 Å². The Hall–Kier alpha value is -3.28. The summed E-state index contributed by atoms with van der Waals surface area (Å²) in [6.07, 6.45) is 3.48. The smallest absolute Gasteiger partial charge is 0.227 e. The molecular formula is C18H16N6. The number of aryl methyl sites for hydroxylation is 2. The predicted octanol–water partition coefficient (Wildman–Crippen LogP) is 3.55. The van der Waals surface area contributed by atoms with Crippen LogP contribution in [0.5, 0.6) is 0 Å². The third kappa shape index (κ3) is 2.58. The third-order valence-corrected chi connectivity index (χ3v) is 3.77. The zero-order chi connectivity index (χ0) is 16.5. The summed E-state index contributed by atoms with van der Waals surface area (Å²) in [6.45, 7) is 4.01. The van der Waals surface area contributed by atoms with Crippen molar-refractivity contribution in [2.45, 2.75) is 13.8 Å². The molecule has 0 saturated heterocycles. The molecule has 0 aliphatic carbocycles. The number of aromatic nitrogens is 5. The van der Waals surface area contributed by atoms with Crippen LogP contribution in [0.25, 0.3) is 17.0 Å². The zero-order valence-electron chi connectivity index (χ0n) is 13.4. The highest BCUT2D eigenvalue weighted by Crippen LogP contribution is 2.23. The number of rotatable bonds is 3. The van der Waals surface area contributed by atoms with Gasteiger partial charge in [0, 0.05) is 18.1 Å². The fraction of sp³-hybridized carbons (Fsp3) is 0.111. The first-order valence-corrected chi connectivity index (χ1v) is 7.68. The van der Waals surface area contributed by atoms with Crippen LogP contribution in [0.1, 0.15) is 11.3 Å². The van der Waals surface area contributed by atoms with Crippen molar-refractivity contribution in [2.24, 2.45) is 0 Å². The Morgan fingerprint density at radius 1 is 0.917 bits per heavy atom. The summed E-state index contributed by atoms with van der Waals surface area (Å²) in [5, 5.41) is 7.60. The highest BCUT2D eigenvalue weighted by atomic mass is 15.3. The van der Waals surface area contributed by atoms with Crippen LogP contribution in [0, 0.1) is 13.8 Å². The number of hydrogen-bond donors (Lipinski definition) is 1. The number of anilines is 2. The van der Waals surface area contributed by atoms with E-state index >= 15 is 0 Å².